The van der Waals surface area contributed by atoms with Gasteiger partial charge in [-0.25, -0.2) is 23.5 Å². The largest absolute Gasteiger partial charge is 0.322 e. The van der Waals surface area contributed by atoms with E-state index in [0.717, 1.165) is 29.9 Å². The molecule has 0 bridgehead atoms. The van der Waals surface area contributed by atoms with Crippen molar-refractivity contribution < 1.29 is 8.42 Å². The summed E-state index contributed by atoms with van der Waals surface area (Å²) in [5.74, 6) is 4.66. The van der Waals surface area contributed by atoms with Gasteiger partial charge in [0.05, 0.1) is 16.1 Å². The molecule has 3 aromatic rings. The van der Waals surface area contributed by atoms with Gasteiger partial charge in [-0.05, 0) is 44.2 Å². The van der Waals surface area contributed by atoms with E-state index in [9.17, 15) is 8.42 Å². The zero-order valence-corrected chi connectivity index (χ0v) is 19.0. The number of rotatable bonds is 8. The Morgan fingerprint density at radius 2 is 2.13 bits per heavy atom. The number of aromatic nitrogens is 4. The number of sulfonamides is 1. The third-order valence-corrected chi connectivity index (χ3v) is 7.84. The SMILES string of the molecule is C#Cc1c(C)nc(-c2cc(CCCC)c(S(N)(=O)=O)s2)nc1Nc1cc(C2CC2)[nH]n1. The quantitative estimate of drug-likeness (QED) is 0.442. The first-order valence-corrected chi connectivity index (χ1v) is 12.5. The number of unbranched alkanes of at least 4 members (excludes halogenated alkanes) is 1. The number of primary sulfonamides is 1. The number of H-pyrrole nitrogens is 1. The van der Waals surface area contributed by atoms with Crippen LogP contribution >= 0.6 is 11.3 Å². The van der Waals surface area contributed by atoms with Gasteiger partial charge in [0, 0.05) is 17.7 Å². The van der Waals surface area contributed by atoms with Crippen molar-refractivity contribution in [1.29, 1.82) is 0 Å². The van der Waals surface area contributed by atoms with E-state index in [1.54, 1.807) is 6.92 Å². The van der Waals surface area contributed by atoms with Crippen molar-refractivity contribution in [2.75, 3.05) is 5.32 Å². The van der Waals surface area contributed by atoms with Crippen LogP contribution in [0, 0.1) is 19.3 Å². The van der Waals surface area contributed by atoms with Crippen LogP contribution in [-0.4, -0.2) is 28.6 Å². The third kappa shape index (κ3) is 4.63. The molecule has 4 N–H and O–H groups in total. The summed E-state index contributed by atoms with van der Waals surface area (Å²) in [7, 11) is -3.83. The molecule has 0 amide bonds. The highest BCUT2D eigenvalue weighted by Gasteiger charge is 2.26. The molecule has 162 valence electrons. The van der Waals surface area contributed by atoms with Gasteiger partial charge in [-0.1, -0.05) is 19.3 Å². The minimum atomic E-state index is -3.83. The van der Waals surface area contributed by atoms with Crippen molar-refractivity contribution >= 4 is 33.0 Å². The Bertz CT molecular complexity index is 1270. The molecule has 1 saturated carbocycles. The van der Waals surface area contributed by atoms with Crippen LogP contribution in [0.3, 0.4) is 0 Å². The fraction of sp³-hybridized carbons (Fsp3) is 0.381. The van der Waals surface area contributed by atoms with E-state index in [0.29, 0.717) is 51.5 Å². The molecule has 4 rings (SSSR count). The normalized spacial score (nSPS) is 13.9. The summed E-state index contributed by atoms with van der Waals surface area (Å²) < 4.78 is 24.4. The lowest BCUT2D eigenvalue weighted by molar-refractivity contribution is 0.598. The van der Waals surface area contributed by atoms with Crippen LogP contribution in [0.1, 0.15) is 61.0 Å². The van der Waals surface area contributed by atoms with Gasteiger partial charge in [0.25, 0.3) is 0 Å². The van der Waals surface area contributed by atoms with Crippen molar-refractivity contribution in [3.63, 3.8) is 0 Å². The van der Waals surface area contributed by atoms with E-state index in [-0.39, 0.29) is 4.21 Å². The highest BCUT2D eigenvalue weighted by atomic mass is 32.2. The second kappa shape index (κ2) is 8.42. The fourth-order valence-electron chi connectivity index (χ4n) is 3.38. The van der Waals surface area contributed by atoms with Crippen LogP contribution in [0.2, 0.25) is 0 Å². The average molecular weight is 457 g/mol. The summed E-state index contributed by atoms with van der Waals surface area (Å²) >= 11 is 1.08. The van der Waals surface area contributed by atoms with E-state index in [1.165, 1.54) is 12.8 Å². The van der Waals surface area contributed by atoms with Gasteiger partial charge in [0.1, 0.15) is 4.21 Å². The minimum Gasteiger partial charge on any atom is -0.322 e. The van der Waals surface area contributed by atoms with E-state index in [4.69, 9.17) is 11.6 Å². The highest BCUT2D eigenvalue weighted by Crippen LogP contribution is 2.40. The van der Waals surface area contributed by atoms with Crippen LogP contribution in [0.15, 0.2) is 16.3 Å². The lowest BCUT2D eigenvalue weighted by atomic mass is 10.1. The van der Waals surface area contributed by atoms with Gasteiger partial charge < -0.3 is 5.32 Å². The van der Waals surface area contributed by atoms with Gasteiger partial charge in [0.2, 0.25) is 10.0 Å². The topological polar surface area (TPSA) is 127 Å². The Morgan fingerprint density at radius 3 is 2.77 bits per heavy atom. The number of aromatic amines is 1. The average Bonchev–Trinajstić information content (AvgIpc) is 3.29. The number of terminal acetylenes is 1. The van der Waals surface area contributed by atoms with Crippen molar-refractivity contribution in [3.8, 4) is 23.0 Å². The van der Waals surface area contributed by atoms with E-state index < -0.39 is 10.0 Å². The number of aryl methyl sites for hydroxylation is 2. The molecule has 1 fully saturated rings. The Balaban J connectivity index is 1.73. The summed E-state index contributed by atoms with van der Waals surface area (Å²) in [6.45, 7) is 3.86. The molecular formula is C21H24N6O2S2. The van der Waals surface area contributed by atoms with Crippen LogP contribution in [0.25, 0.3) is 10.7 Å². The van der Waals surface area contributed by atoms with Gasteiger partial charge in [-0.15, -0.1) is 17.8 Å². The van der Waals surface area contributed by atoms with Gasteiger partial charge in [-0.2, -0.15) is 5.10 Å². The van der Waals surface area contributed by atoms with Crippen molar-refractivity contribution in [2.45, 2.75) is 56.1 Å². The fourth-order valence-corrected chi connectivity index (χ4v) is 5.51. The van der Waals surface area contributed by atoms with Crippen molar-refractivity contribution in [1.82, 2.24) is 20.2 Å². The Morgan fingerprint density at radius 1 is 1.35 bits per heavy atom. The first-order chi connectivity index (χ1) is 14.8. The lowest BCUT2D eigenvalue weighted by Gasteiger charge is -2.09. The first-order valence-electron chi connectivity index (χ1n) is 10.1. The maximum absolute atomic E-state index is 12.1. The molecule has 3 heterocycles. The van der Waals surface area contributed by atoms with E-state index in [2.05, 4.69) is 38.3 Å². The maximum Gasteiger partial charge on any atom is 0.247 e. The Labute approximate surface area is 185 Å². The van der Waals surface area contributed by atoms with Gasteiger partial charge in [0.15, 0.2) is 17.5 Å². The number of nitrogens with two attached hydrogens (primary N) is 1. The number of hydrogen-bond donors (Lipinski definition) is 3. The molecule has 3 aromatic heterocycles. The standard InChI is InChI=1S/C21H24N6O2S2/c1-4-6-7-14-10-17(30-21(14)31(22,28)29)20-23-12(3)15(5-2)19(25-20)24-18-11-16(26-27-18)13-8-9-13/h2,10-11,13H,4,6-9H2,1,3H3,(H2,22,28,29)(H2,23,24,25,26,27). The molecule has 0 saturated heterocycles. The number of anilines is 2. The monoisotopic (exact) mass is 456 g/mol. The molecule has 8 nitrogen and oxygen atoms in total. The van der Waals surface area contributed by atoms with Crippen LogP contribution in [0.4, 0.5) is 11.6 Å². The minimum absolute atomic E-state index is 0.161. The number of nitrogens with zero attached hydrogens (tertiary/aromatic N) is 3. The Kier molecular flexibility index (Phi) is 5.83. The molecule has 1 aliphatic carbocycles. The molecule has 0 radical (unpaired) electrons. The molecule has 10 heteroatoms. The molecular weight excluding hydrogens is 432 g/mol. The van der Waals surface area contributed by atoms with Crippen molar-refractivity contribution in [3.05, 3.63) is 34.6 Å². The van der Waals surface area contributed by atoms with Crippen LogP contribution in [-0.2, 0) is 16.4 Å². The van der Waals surface area contributed by atoms with E-state index in [1.807, 2.05) is 12.1 Å². The van der Waals surface area contributed by atoms with Gasteiger partial charge >= 0.3 is 0 Å². The van der Waals surface area contributed by atoms with Crippen LogP contribution in [0.5, 0.6) is 0 Å². The van der Waals surface area contributed by atoms with Gasteiger partial charge in [-0.3, -0.25) is 5.10 Å². The smallest absolute Gasteiger partial charge is 0.247 e. The predicted octanol–water partition coefficient (Wildman–Crippen LogP) is 3.83. The zero-order chi connectivity index (χ0) is 22.2. The molecule has 1 aliphatic rings. The number of hydrogen-bond acceptors (Lipinski definition) is 7. The highest BCUT2D eigenvalue weighted by molar-refractivity contribution is 7.91. The summed E-state index contributed by atoms with van der Waals surface area (Å²) in [5, 5.41) is 16.0. The second-order valence-electron chi connectivity index (χ2n) is 7.68. The number of thiophene rings is 1. The van der Waals surface area contributed by atoms with Crippen molar-refractivity contribution in [2.24, 2.45) is 5.14 Å². The summed E-state index contributed by atoms with van der Waals surface area (Å²) in [6, 6.07) is 3.77. The second-order valence-corrected chi connectivity index (χ2v) is 10.5. The maximum atomic E-state index is 12.1. The summed E-state index contributed by atoms with van der Waals surface area (Å²) in [6.07, 6.45) is 10.5. The zero-order valence-electron chi connectivity index (χ0n) is 17.4. The summed E-state index contributed by atoms with van der Waals surface area (Å²) in [4.78, 5) is 9.77. The molecule has 0 spiro atoms. The predicted molar refractivity (Wildman–Crippen MR) is 122 cm³/mol. The molecule has 0 atom stereocenters. The molecule has 0 aromatic carbocycles. The van der Waals surface area contributed by atoms with E-state index >= 15 is 0 Å². The molecule has 0 aliphatic heterocycles. The Hall–Kier alpha value is -2.74. The molecule has 31 heavy (non-hydrogen) atoms. The lowest BCUT2D eigenvalue weighted by Crippen LogP contribution is -2.12. The molecule has 0 unspecified atom stereocenters. The first kappa shape index (κ1) is 21.5. The summed E-state index contributed by atoms with van der Waals surface area (Å²) in [5.41, 5.74) is 2.94. The third-order valence-electron chi connectivity index (χ3n) is 5.14. The van der Waals surface area contributed by atoms with Crippen LogP contribution < -0.4 is 10.5 Å². The number of nitrogens with one attached hydrogen (secondary N) is 2.